The molecule has 4 aromatic carbocycles. The second-order valence-corrected chi connectivity index (χ2v) is 9.55. The van der Waals surface area contributed by atoms with Crippen LogP contribution in [0, 0.1) is 13.8 Å². The molecule has 0 atom stereocenters. The third kappa shape index (κ3) is 4.36. The number of aryl methyl sites for hydroxylation is 2. The quantitative estimate of drug-likeness (QED) is 0.439. The van der Waals surface area contributed by atoms with Crippen LogP contribution in [-0.4, -0.2) is 20.9 Å². The number of rotatable bonds is 6. The number of nitrogens with one attached hydrogen (secondary N) is 1. The highest BCUT2D eigenvalue weighted by atomic mass is 32.2. The third-order valence-electron chi connectivity index (χ3n) is 5.34. The molecular formula is C26H24N2O3S. The molecule has 0 aliphatic heterocycles. The van der Waals surface area contributed by atoms with Gasteiger partial charge in [-0.25, -0.2) is 8.42 Å². The highest BCUT2D eigenvalue weighted by Gasteiger charge is 2.28. The molecule has 1 amide bonds. The lowest BCUT2D eigenvalue weighted by atomic mass is 10.1. The second kappa shape index (κ2) is 8.85. The van der Waals surface area contributed by atoms with E-state index in [1.165, 1.54) is 4.31 Å². The van der Waals surface area contributed by atoms with Crippen LogP contribution in [0.15, 0.2) is 95.9 Å². The Morgan fingerprint density at radius 2 is 1.47 bits per heavy atom. The van der Waals surface area contributed by atoms with Gasteiger partial charge in [-0.1, -0.05) is 72.3 Å². The SMILES string of the molecule is Cc1ccc(S(=O)(=O)N(CC(=O)Nc2cccc3ccccc23)c2ccccc2C)cc1. The van der Waals surface area contributed by atoms with Crippen LogP contribution in [0.1, 0.15) is 11.1 Å². The molecule has 0 unspecified atom stereocenters. The Bertz CT molecular complexity index is 1370. The Morgan fingerprint density at radius 3 is 2.22 bits per heavy atom. The van der Waals surface area contributed by atoms with E-state index < -0.39 is 15.9 Å². The van der Waals surface area contributed by atoms with Crippen molar-refractivity contribution in [3.63, 3.8) is 0 Å². The third-order valence-corrected chi connectivity index (χ3v) is 7.12. The molecule has 0 radical (unpaired) electrons. The molecule has 0 saturated carbocycles. The summed E-state index contributed by atoms with van der Waals surface area (Å²) in [4.78, 5) is 13.2. The van der Waals surface area contributed by atoms with Gasteiger partial charge in [0.25, 0.3) is 10.0 Å². The van der Waals surface area contributed by atoms with Gasteiger partial charge in [0, 0.05) is 11.1 Å². The van der Waals surface area contributed by atoms with Gasteiger partial charge in [-0.2, -0.15) is 0 Å². The molecule has 4 rings (SSSR count). The van der Waals surface area contributed by atoms with E-state index in [1.54, 1.807) is 36.4 Å². The van der Waals surface area contributed by atoms with Gasteiger partial charge >= 0.3 is 0 Å². The van der Waals surface area contributed by atoms with Crippen molar-refractivity contribution in [3.8, 4) is 0 Å². The number of benzene rings is 4. The molecule has 0 fully saturated rings. The fourth-order valence-corrected chi connectivity index (χ4v) is 5.12. The van der Waals surface area contributed by atoms with Gasteiger partial charge in [-0.05, 0) is 49.1 Å². The smallest absolute Gasteiger partial charge is 0.264 e. The van der Waals surface area contributed by atoms with Gasteiger partial charge < -0.3 is 5.32 Å². The number of para-hydroxylation sites is 1. The molecule has 0 aliphatic rings. The Kier molecular flexibility index (Phi) is 5.97. The predicted molar refractivity (Wildman–Crippen MR) is 129 cm³/mol. The van der Waals surface area contributed by atoms with E-state index in [1.807, 2.05) is 68.4 Å². The van der Waals surface area contributed by atoms with E-state index in [0.717, 1.165) is 21.9 Å². The fourth-order valence-electron chi connectivity index (χ4n) is 3.63. The maximum atomic E-state index is 13.5. The lowest BCUT2D eigenvalue weighted by Gasteiger charge is -2.25. The molecule has 32 heavy (non-hydrogen) atoms. The summed E-state index contributed by atoms with van der Waals surface area (Å²) in [5, 5.41) is 4.78. The summed E-state index contributed by atoms with van der Waals surface area (Å²) in [6.45, 7) is 3.38. The van der Waals surface area contributed by atoms with Crippen LogP contribution < -0.4 is 9.62 Å². The Hall–Kier alpha value is -3.64. The normalized spacial score (nSPS) is 11.3. The van der Waals surface area contributed by atoms with Gasteiger partial charge in [0.2, 0.25) is 5.91 Å². The summed E-state index contributed by atoms with van der Waals surface area (Å²) >= 11 is 0. The number of nitrogens with zero attached hydrogens (tertiary/aromatic N) is 1. The first-order valence-corrected chi connectivity index (χ1v) is 11.7. The zero-order valence-corrected chi connectivity index (χ0v) is 18.8. The maximum Gasteiger partial charge on any atom is 0.264 e. The first-order chi connectivity index (χ1) is 15.4. The number of carbonyl (C=O) groups is 1. The molecule has 162 valence electrons. The largest absolute Gasteiger partial charge is 0.324 e. The Morgan fingerprint density at radius 1 is 0.812 bits per heavy atom. The van der Waals surface area contributed by atoms with Gasteiger partial charge in [-0.3, -0.25) is 9.10 Å². The molecule has 0 heterocycles. The summed E-state index contributed by atoms with van der Waals surface area (Å²) in [6.07, 6.45) is 0. The summed E-state index contributed by atoms with van der Waals surface area (Å²) in [6, 6.07) is 27.1. The van der Waals surface area contributed by atoms with Gasteiger partial charge in [0.15, 0.2) is 0 Å². The van der Waals surface area contributed by atoms with Crippen molar-refractivity contribution >= 4 is 38.1 Å². The predicted octanol–water partition coefficient (Wildman–Crippen LogP) is 5.29. The molecule has 1 N–H and O–H groups in total. The van der Waals surface area contributed by atoms with E-state index in [2.05, 4.69) is 5.32 Å². The zero-order chi connectivity index (χ0) is 22.7. The summed E-state index contributed by atoms with van der Waals surface area (Å²) in [5.41, 5.74) is 2.84. The zero-order valence-electron chi connectivity index (χ0n) is 17.9. The number of hydrogen-bond donors (Lipinski definition) is 1. The van der Waals surface area contributed by atoms with E-state index in [4.69, 9.17) is 0 Å². The van der Waals surface area contributed by atoms with Crippen LogP contribution in [-0.2, 0) is 14.8 Å². The second-order valence-electron chi connectivity index (χ2n) is 7.69. The van der Waals surface area contributed by atoms with Crippen molar-refractivity contribution in [2.75, 3.05) is 16.2 Å². The molecule has 0 saturated heterocycles. The first-order valence-electron chi connectivity index (χ1n) is 10.3. The molecule has 4 aromatic rings. The first kappa shape index (κ1) is 21.6. The van der Waals surface area contributed by atoms with Crippen LogP contribution in [0.25, 0.3) is 10.8 Å². The highest BCUT2D eigenvalue weighted by Crippen LogP contribution is 2.28. The van der Waals surface area contributed by atoms with Crippen molar-refractivity contribution in [2.45, 2.75) is 18.7 Å². The van der Waals surface area contributed by atoms with Crippen LogP contribution in [0.5, 0.6) is 0 Å². The summed E-state index contributed by atoms with van der Waals surface area (Å²) in [7, 11) is -3.95. The number of anilines is 2. The molecular weight excluding hydrogens is 420 g/mol. The maximum absolute atomic E-state index is 13.5. The molecule has 0 spiro atoms. The van der Waals surface area contributed by atoms with Crippen LogP contribution in [0.2, 0.25) is 0 Å². The van der Waals surface area contributed by atoms with Crippen LogP contribution in [0.4, 0.5) is 11.4 Å². The van der Waals surface area contributed by atoms with E-state index >= 15 is 0 Å². The molecule has 0 bridgehead atoms. The van der Waals surface area contributed by atoms with Crippen LogP contribution >= 0.6 is 0 Å². The van der Waals surface area contributed by atoms with Crippen LogP contribution in [0.3, 0.4) is 0 Å². The number of sulfonamides is 1. The lowest BCUT2D eigenvalue weighted by Crippen LogP contribution is -2.38. The minimum absolute atomic E-state index is 0.143. The molecule has 0 aliphatic carbocycles. The molecule has 0 aromatic heterocycles. The van der Waals surface area contributed by atoms with E-state index in [0.29, 0.717) is 11.4 Å². The van der Waals surface area contributed by atoms with Crippen molar-refractivity contribution in [3.05, 3.63) is 102 Å². The average molecular weight is 445 g/mol. The van der Waals surface area contributed by atoms with Gasteiger partial charge in [-0.15, -0.1) is 0 Å². The standard InChI is InChI=1S/C26H24N2O3S/c1-19-14-16-22(17-15-19)32(30,31)28(25-13-6-3-8-20(25)2)18-26(29)27-24-12-7-10-21-9-4-5-11-23(21)24/h3-17H,18H2,1-2H3,(H,27,29). The monoisotopic (exact) mass is 444 g/mol. The van der Waals surface area contributed by atoms with Crippen molar-refractivity contribution in [2.24, 2.45) is 0 Å². The van der Waals surface area contributed by atoms with E-state index in [9.17, 15) is 13.2 Å². The molecule has 6 heteroatoms. The Balaban J connectivity index is 1.70. The van der Waals surface area contributed by atoms with Gasteiger partial charge in [0.1, 0.15) is 6.54 Å². The summed E-state index contributed by atoms with van der Waals surface area (Å²) < 4.78 is 28.3. The average Bonchev–Trinajstić information content (AvgIpc) is 2.78. The number of amides is 1. The van der Waals surface area contributed by atoms with E-state index in [-0.39, 0.29) is 11.4 Å². The van der Waals surface area contributed by atoms with Gasteiger partial charge in [0.05, 0.1) is 10.6 Å². The lowest BCUT2D eigenvalue weighted by molar-refractivity contribution is -0.114. The topological polar surface area (TPSA) is 66.5 Å². The number of carbonyl (C=O) groups excluding carboxylic acids is 1. The summed E-state index contributed by atoms with van der Waals surface area (Å²) in [5.74, 6) is -0.416. The van der Waals surface area contributed by atoms with Crippen molar-refractivity contribution < 1.29 is 13.2 Å². The number of hydrogen-bond acceptors (Lipinski definition) is 3. The minimum atomic E-state index is -3.95. The minimum Gasteiger partial charge on any atom is -0.324 e. The van der Waals surface area contributed by atoms with Crippen molar-refractivity contribution in [1.29, 1.82) is 0 Å². The number of fused-ring (bicyclic) bond motifs is 1. The Labute approximate surface area is 188 Å². The molecule has 5 nitrogen and oxygen atoms in total. The highest BCUT2D eigenvalue weighted by molar-refractivity contribution is 7.92. The van der Waals surface area contributed by atoms with Crippen molar-refractivity contribution in [1.82, 2.24) is 0 Å². The fraction of sp³-hybridized carbons (Fsp3) is 0.115.